The van der Waals surface area contributed by atoms with Gasteiger partial charge < -0.3 is 10.2 Å². The van der Waals surface area contributed by atoms with Gasteiger partial charge in [0, 0.05) is 13.0 Å². The second-order valence-electron chi connectivity index (χ2n) is 4.91. The largest absolute Gasteiger partial charge is 0.389 e. The summed E-state index contributed by atoms with van der Waals surface area (Å²) in [6.07, 6.45) is -4.62. The average Bonchev–Trinajstić information content (AvgIpc) is 2.30. The Labute approximate surface area is 110 Å². The van der Waals surface area contributed by atoms with Crippen LogP contribution in [0, 0.1) is 5.92 Å². The summed E-state index contributed by atoms with van der Waals surface area (Å²) in [5, 5.41) is 2.60. The number of alkyl halides is 3. The first-order valence-electron chi connectivity index (χ1n) is 6.39. The number of nitrogens with zero attached hydrogens (tertiary/aromatic N) is 1. The Balaban J connectivity index is 2.57. The van der Waals surface area contributed by atoms with Gasteiger partial charge in [0.05, 0.1) is 6.54 Å². The number of carbonyl (C=O) groups excluding carboxylic acids is 2. The molecule has 1 saturated heterocycles. The summed E-state index contributed by atoms with van der Waals surface area (Å²) in [7, 11) is 0. The van der Waals surface area contributed by atoms with Crippen molar-refractivity contribution in [3.63, 3.8) is 0 Å². The molecule has 0 aliphatic carbocycles. The highest BCUT2D eigenvalue weighted by atomic mass is 19.4. The normalized spacial score (nSPS) is 22.4. The molecule has 110 valence electrons. The lowest BCUT2D eigenvalue weighted by molar-refractivity contribution is -0.148. The van der Waals surface area contributed by atoms with Crippen LogP contribution in [0.2, 0.25) is 0 Å². The minimum atomic E-state index is -4.22. The van der Waals surface area contributed by atoms with Crippen LogP contribution in [0.25, 0.3) is 0 Å². The van der Waals surface area contributed by atoms with Gasteiger partial charge in [-0.25, -0.2) is 0 Å². The quantitative estimate of drug-likeness (QED) is 0.833. The van der Waals surface area contributed by atoms with Gasteiger partial charge in [0.1, 0.15) is 6.04 Å². The van der Waals surface area contributed by atoms with Crippen molar-refractivity contribution in [1.82, 2.24) is 10.2 Å². The minimum absolute atomic E-state index is 0.0260. The monoisotopic (exact) mass is 280 g/mol. The first-order valence-corrected chi connectivity index (χ1v) is 6.39. The summed E-state index contributed by atoms with van der Waals surface area (Å²) in [5.41, 5.74) is 0. The number of hydrogen-bond donors (Lipinski definition) is 1. The van der Waals surface area contributed by atoms with Gasteiger partial charge in [-0.2, -0.15) is 13.2 Å². The second-order valence-corrected chi connectivity index (χ2v) is 4.91. The average molecular weight is 280 g/mol. The third-order valence-corrected chi connectivity index (χ3v) is 3.33. The van der Waals surface area contributed by atoms with E-state index >= 15 is 0 Å². The summed E-state index contributed by atoms with van der Waals surface area (Å²) in [6, 6.07) is -0.614. The number of piperazine rings is 1. The van der Waals surface area contributed by atoms with Gasteiger partial charge in [-0.1, -0.05) is 20.3 Å². The molecule has 2 atom stereocenters. The molecule has 2 amide bonds. The molecule has 2 unspecified atom stereocenters. The van der Waals surface area contributed by atoms with Crippen molar-refractivity contribution >= 4 is 11.8 Å². The van der Waals surface area contributed by atoms with E-state index in [9.17, 15) is 22.8 Å². The molecule has 1 rings (SSSR count). The van der Waals surface area contributed by atoms with Gasteiger partial charge in [-0.05, 0) is 12.3 Å². The third-order valence-electron chi connectivity index (χ3n) is 3.33. The molecule has 1 heterocycles. The van der Waals surface area contributed by atoms with Gasteiger partial charge in [-0.3, -0.25) is 9.59 Å². The Morgan fingerprint density at radius 1 is 1.42 bits per heavy atom. The van der Waals surface area contributed by atoms with Crippen molar-refractivity contribution in [2.45, 2.75) is 45.3 Å². The van der Waals surface area contributed by atoms with Gasteiger partial charge in [0.25, 0.3) is 0 Å². The lowest BCUT2D eigenvalue weighted by atomic mass is 9.96. The zero-order valence-electron chi connectivity index (χ0n) is 11.1. The van der Waals surface area contributed by atoms with Crippen molar-refractivity contribution in [2.75, 3.05) is 13.1 Å². The zero-order valence-corrected chi connectivity index (χ0v) is 11.1. The van der Waals surface area contributed by atoms with E-state index in [-0.39, 0.29) is 37.2 Å². The van der Waals surface area contributed by atoms with E-state index in [1.165, 1.54) is 4.90 Å². The fourth-order valence-corrected chi connectivity index (χ4v) is 2.01. The van der Waals surface area contributed by atoms with Crippen molar-refractivity contribution < 1.29 is 22.8 Å². The van der Waals surface area contributed by atoms with Gasteiger partial charge in [0.2, 0.25) is 11.8 Å². The Hall–Kier alpha value is -1.27. The van der Waals surface area contributed by atoms with E-state index in [1.54, 1.807) is 0 Å². The van der Waals surface area contributed by atoms with Crippen LogP contribution >= 0.6 is 0 Å². The standard InChI is InChI=1S/C12H19F3N2O2/c1-3-8(2)10-11(19)17(7-9(18)16-10)6-4-5-12(13,14)15/h8,10H,3-7H2,1-2H3,(H,16,18). The Morgan fingerprint density at radius 3 is 2.58 bits per heavy atom. The topological polar surface area (TPSA) is 49.4 Å². The lowest BCUT2D eigenvalue weighted by Gasteiger charge is -2.35. The third kappa shape index (κ3) is 4.72. The molecule has 0 spiro atoms. The molecule has 1 aliphatic rings. The van der Waals surface area contributed by atoms with Crippen molar-refractivity contribution in [1.29, 1.82) is 0 Å². The molecule has 0 radical (unpaired) electrons. The molecule has 0 bridgehead atoms. The van der Waals surface area contributed by atoms with Crippen LogP contribution in [0.3, 0.4) is 0 Å². The van der Waals surface area contributed by atoms with Crippen LogP contribution in [-0.2, 0) is 9.59 Å². The lowest BCUT2D eigenvalue weighted by Crippen LogP contribution is -2.60. The molecule has 0 saturated carbocycles. The van der Waals surface area contributed by atoms with Crippen LogP contribution in [0.5, 0.6) is 0 Å². The maximum absolute atomic E-state index is 12.1. The molecule has 0 aromatic carbocycles. The predicted molar refractivity (Wildman–Crippen MR) is 63.3 cm³/mol. The number of amides is 2. The van der Waals surface area contributed by atoms with Crippen molar-refractivity contribution in [3.8, 4) is 0 Å². The highest BCUT2D eigenvalue weighted by Crippen LogP contribution is 2.22. The highest BCUT2D eigenvalue weighted by molar-refractivity contribution is 5.94. The van der Waals surface area contributed by atoms with E-state index in [4.69, 9.17) is 0 Å². The van der Waals surface area contributed by atoms with Crippen LogP contribution in [0.15, 0.2) is 0 Å². The van der Waals surface area contributed by atoms with Gasteiger partial charge in [-0.15, -0.1) is 0 Å². The summed E-state index contributed by atoms with van der Waals surface area (Å²) < 4.78 is 36.2. The van der Waals surface area contributed by atoms with Crippen LogP contribution in [-0.4, -0.2) is 42.0 Å². The molecule has 0 aromatic heterocycles. The smallest absolute Gasteiger partial charge is 0.342 e. The predicted octanol–water partition coefficient (Wildman–Crippen LogP) is 1.70. The number of hydrogen-bond acceptors (Lipinski definition) is 2. The molecule has 1 N–H and O–H groups in total. The van der Waals surface area contributed by atoms with E-state index < -0.39 is 18.6 Å². The maximum Gasteiger partial charge on any atom is 0.389 e. The van der Waals surface area contributed by atoms with Crippen LogP contribution in [0.1, 0.15) is 33.1 Å². The van der Waals surface area contributed by atoms with Gasteiger partial charge >= 0.3 is 6.18 Å². The summed E-state index contributed by atoms with van der Waals surface area (Å²) in [5.74, 6) is -0.616. The van der Waals surface area contributed by atoms with Crippen molar-refractivity contribution in [2.24, 2.45) is 5.92 Å². The Kier molecular flexibility index (Phi) is 5.20. The van der Waals surface area contributed by atoms with E-state index in [1.807, 2.05) is 13.8 Å². The molecule has 4 nitrogen and oxygen atoms in total. The second kappa shape index (κ2) is 6.25. The minimum Gasteiger partial charge on any atom is -0.342 e. The highest BCUT2D eigenvalue weighted by Gasteiger charge is 2.35. The first kappa shape index (κ1) is 15.8. The molecular weight excluding hydrogens is 261 g/mol. The summed E-state index contributed by atoms with van der Waals surface area (Å²) >= 11 is 0. The molecule has 1 aliphatic heterocycles. The maximum atomic E-state index is 12.1. The fourth-order valence-electron chi connectivity index (χ4n) is 2.01. The molecule has 19 heavy (non-hydrogen) atoms. The fraction of sp³-hybridized carbons (Fsp3) is 0.833. The summed E-state index contributed by atoms with van der Waals surface area (Å²) in [4.78, 5) is 24.8. The first-order chi connectivity index (χ1) is 8.74. The van der Waals surface area contributed by atoms with Crippen LogP contribution in [0.4, 0.5) is 13.2 Å². The van der Waals surface area contributed by atoms with E-state index in [0.29, 0.717) is 6.42 Å². The molecular formula is C12H19F3N2O2. The van der Waals surface area contributed by atoms with Gasteiger partial charge in [0.15, 0.2) is 0 Å². The molecule has 7 heteroatoms. The SMILES string of the molecule is CCC(C)C1NC(=O)CN(CCCC(F)(F)F)C1=O. The van der Waals surface area contributed by atoms with E-state index in [2.05, 4.69) is 5.32 Å². The van der Waals surface area contributed by atoms with E-state index in [0.717, 1.165) is 0 Å². The zero-order chi connectivity index (χ0) is 14.6. The molecule has 1 fully saturated rings. The molecule has 0 aromatic rings. The Morgan fingerprint density at radius 2 is 2.05 bits per heavy atom. The number of carbonyl (C=O) groups is 2. The number of halogens is 3. The number of rotatable bonds is 5. The Bertz CT molecular complexity index is 344. The van der Waals surface area contributed by atoms with Crippen molar-refractivity contribution in [3.05, 3.63) is 0 Å². The summed E-state index contributed by atoms with van der Waals surface area (Å²) in [6.45, 7) is 3.55. The van der Waals surface area contributed by atoms with Crippen LogP contribution < -0.4 is 5.32 Å². The number of nitrogens with one attached hydrogen (secondary N) is 1.